The molecule has 0 unspecified atom stereocenters. The van der Waals surface area contributed by atoms with E-state index in [2.05, 4.69) is 17.2 Å². The van der Waals surface area contributed by atoms with Crippen molar-refractivity contribution in [3.8, 4) is 5.75 Å². The van der Waals surface area contributed by atoms with Crippen LogP contribution < -0.4 is 15.6 Å². The molecule has 0 bridgehead atoms. The first kappa shape index (κ1) is 20.2. The third-order valence-corrected chi connectivity index (χ3v) is 4.43. The number of nitrogens with zero attached hydrogens (tertiary/aromatic N) is 1. The van der Waals surface area contributed by atoms with Crippen molar-refractivity contribution in [2.45, 2.75) is 33.2 Å². The number of aliphatic hydroxyl groups is 1. The summed E-state index contributed by atoms with van der Waals surface area (Å²) >= 11 is 5.42. The lowest BCUT2D eigenvalue weighted by molar-refractivity contribution is 0.245. The predicted octanol–water partition coefficient (Wildman–Crippen LogP) is 2.40. The van der Waals surface area contributed by atoms with Crippen molar-refractivity contribution in [3.05, 3.63) is 40.2 Å². The number of unbranched alkanes of at least 4 members (excludes halogenated alkanes) is 1. The van der Waals surface area contributed by atoms with Crippen LogP contribution in [0.1, 0.15) is 32.3 Å². The van der Waals surface area contributed by atoms with Gasteiger partial charge in [-0.25, -0.2) is 0 Å². The van der Waals surface area contributed by atoms with Gasteiger partial charge in [-0.3, -0.25) is 4.79 Å². The summed E-state index contributed by atoms with van der Waals surface area (Å²) in [6.07, 6.45) is 2.09. The molecule has 0 aliphatic heterocycles. The molecule has 1 aromatic carbocycles. The Labute approximate surface area is 159 Å². The van der Waals surface area contributed by atoms with E-state index in [1.165, 1.54) is 0 Å². The van der Waals surface area contributed by atoms with Gasteiger partial charge >= 0.3 is 0 Å². The van der Waals surface area contributed by atoms with Crippen LogP contribution in [0.2, 0.25) is 0 Å². The Morgan fingerprint density at radius 2 is 2.15 bits per heavy atom. The van der Waals surface area contributed by atoms with Crippen molar-refractivity contribution in [2.24, 2.45) is 0 Å². The van der Waals surface area contributed by atoms with E-state index in [4.69, 9.17) is 17.0 Å². The largest absolute Gasteiger partial charge is 0.494 e. The summed E-state index contributed by atoms with van der Waals surface area (Å²) in [4.78, 5) is 17.1. The molecule has 7 heteroatoms. The Balaban J connectivity index is 2.23. The monoisotopic (exact) mass is 377 g/mol. The second kappa shape index (κ2) is 10.1. The fourth-order valence-electron chi connectivity index (χ4n) is 2.67. The van der Waals surface area contributed by atoms with E-state index < -0.39 is 0 Å². The molecule has 0 atom stereocenters. The van der Waals surface area contributed by atoms with Crippen LogP contribution in [0.5, 0.6) is 5.75 Å². The van der Waals surface area contributed by atoms with Gasteiger partial charge in [0, 0.05) is 29.6 Å². The Hall–Kier alpha value is -2.12. The molecule has 1 aromatic heterocycles. The number of hydrogen-bond acceptors (Lipinski definition) is 4. The topological polar surface area (TPSA) is 77.6 Å². The van der Waals surface area contributed by atoms with Crippen LogP contribution in [0.4, 0.5) is 0 Å². The standard InChI is InChI=1S/C19H27N3O3S/c1-3-5-8-20-19(26)22(9-10-23)13-15-11-14-12-16(25-4-2)6-7-17(14)21-18(15)24/h6-7,11-12,23H,3-5,8-10,13H2,1-2H3,(H,20,26)(H,21,24). The van der Waals surface area contributed by atoms with Crippen LogP contribution in [-0.4, -0.2) is 46.4 Å². The molecule has 0 amide bonds. The summed E-state index contributed by atoms with van der Waals surface area (Å²) < 4.78 is 5.53. The molecule has 0 spiro atoms. The Kier molecular flexibility index (Phi) is 7.87. The van der Waals surface area contributed by atoms with Gasteiger partial charge in [-0.05, 0) is 49.8 Å². The third-order valence-electron chi connectivity index (χ3n) is 4.03. The van der Waals surface area contributed by atoms with Crippen LogP contribution in [0.25, 0.3) is 10.9 Å². The Morgan fingerprint density at radius 3 is 2.85 bits per heavy atom. The molecular weight excluding hydrogens is 350 g/mol. The SMILES string of the molecule is CCCCNC(=S)N(CCO)Cc1cc2cc(OCC)ccc2[nH]c1=O. The van der Waals surface area contributed by atoms with Crippen molar-refractivity contribution >= 4 is 28.2 Å². The van der Waals surface area contributed by atoms with Crippen LogP contribution in [0.15, 0.2) is 29.1 Å². The number of fused-ring (bicyclic) bond motifs is 1. The molecule has 0 aliphatic carbocycles. The number of rotatable bonds is 9. The highest BCUT2D eigenvalue weighted by Gasteiger charge is 2.13. The maximum absolute atomic E-state index is 12.4. The predicted molar refractivity (Wildman–Crippen MR) is 109 cm³/mol. The summed E-state index contributed by atoms with van der Waals surface area (Å²) in [6.45, 7) is 6.09. The molecule has 1 heterocycles. The fourth-order valence-corrected chi connectivity index (χ4v) is 2.92. The molecule has 0 fully saturated rings. The molecule has 26 heavy (non-hydrogen) atoms. The minimum absolute atomic E-state index is 0.0322. The van der Waals surface area contributed by atoms with Crippen LogP contribution in [-0.2, 0) is 6.54 Å². The van der Waals surface area contributed by atoms with Crippen molar-refractivity contribution in [2.75, 3.05) is 26.3 Å². The average molecular weight is 378 g/mol. The zero-order valence-electron chi connectivity index (χ0n) is 15.4. The number of benzene rings is 1. The first-order valence-electron chi connectivity index (χ1n) is 9.01. The molecule has 3 N–H and O–H groups in total. The van der Waals surface area contributed by atoms with Gasteiger partial charge in [-0.2, -0.15) is 0 Å². The maximum atomic E-state index is 12.4. The number of hydrogen-bond donors (Lipinski definition) is 3. The summed E-state index contributed by atoms with van der Waals surface area (Å²) in [6, 6.07) is 7.45. The molecule has 0 saturated heterocycles. The zero-order chi connectivity index (χ0) is 18.9. The van der Waals surface area contributed by atoms with Gasteiger partial charge < -0.3 is 25.0 Å². The van der Waals surface area contributed by atoms with Crippen LogP contribution in [0, 0.1) is 0 Å². The molecular formula is C19H27N3O3S. The lowest BCUT2D eigenvalue weighted by Gasteiger charge is -2.25. The number of aromatic amines is 1. The highest BCUT2D eigenvalue weighted by Crippen LogP contribution is 2.19. The van der Waals surface area contributed by atoms with E-state index in [0.29, 0.717) is 30.4 Å². The molecule has 0 aliphatic rings. The number of H-pyrrole nitrogens is 1. The second-order valence-electron chi connectivity index (χ2n) is 6.04. The highest BCUT2D eigenvalue weighted by atomic mass is 32.1. The third kappa shape index (κ3) is 5.44. The summed E-state index contributed by atoms with van der Waals surface area (Å²) in [5.41, 5.74) is 1.21. The molecule has 2 aromatic rings. The molecule has 0 saturated carbocycles. The molecule has 6 nitrogen and oxygen atoms in total. The van der Waals surface area contributed by atoms with Gasteiger partial charge in [0.15, 0.2) is 5.11 Å². The van der Waals surface area contributed by atoms with E-state index in [0.717, 1.165) is 36.0 Å². The first-order chi connectivity index (χ1) is 12.6. The van der Waals surface area contributed by atoms with Crippen molar-refractivity contribution in [1.29, 1.82) is 0 Å². The molecule has 2 rings (SSSR count). The normalized spacial score (nSPS) is 10.7. The number of pyridine rings is 1. The van der Waals surface area contributed by atoms with Crippen molar-refractivity contribution in [1.82, 2.24) is 15.2 Å². The highest BCUT2D eigenvalue weighted by molar-refractivity contribution is 7.80. The maximum Gasteiger partial charge on any atom is 0.253 e. The van der Waals surface area contributed by atoms with Crippen molar-refractivity contribution < 1.29 is 9.84 Å². The van der Waals surface area contributed by atoms with Crippen molar-refractivity contribution in [3.63, 3.8) is 0 Å². The lowest BCUT2D eigenvalue weighted by Crippen LogP contribution is -2.42. The van der Waals surface area contributed by atoms with E-state index in [1.807, 2.05) is 36.1 Å². The van der Waals surface area contributed by atoms with Crippen LogP contribution in [0.3, 0.4) is 0 Å². The first-order valence-corrected chi connectivity index (χ1v) is 9.42. The summed E-state index contributed by atoms with van der Waals surface area (Å²) in [5.74, 6) is 0.766. The number of ether oxygens (including phenoxy) is 1. The summed E-state index contributed by atoms with van der Waals surface area (Å²) in [7, 11) is 0. The number of nitrogens with one attached hydrogen (secondary N) is 2. The van der Waals surface area contributed by atoms with Gasteiger partial charge in [0.25, 0.3) is 5.56 Å². The van der Waals surface area contributed by atoms with Gasteiger partial charge in [0.2, 0.25) is 0 Å². The minimum Gasteiger partial charge on any atom is -0.494 e. The van der Waals surface area contributed by atoms with Crippen LogP contribution >= 0.6 is 12.2 Å². The van der Waals surface area contributed by atoms with Gasteiger partial charge in [0.05, 0.1) is 19.8 Å². The van der Waals surface area contributed by atoms with E-state index in [9.17, 15) is 9.90 Å². The molecule has 0 radical (unpaired) electrons. The Bertz CT molecular complexity index is 791. The van der Waals surface area contributed by atoms with E-state index >= 15 is 0 Å². The van der Waals surface area contributed by atoms with E-state index in [1.54, 1.807) is 0 Å². The number of aliphatic hydroxyl groups excluding tert-OH is 1. The molecule has 142 valence electrons. The minimum atomic E-state index is -0.152. The smallest absolute Gasteiger partial charge is 0.253 e. The summed E-state index contributed by atoms with van der Waals surface area (Å²) in [5, 5.41) is 14.0. The Morgan fingerprint density at radius 1 is 1.35 bits per heavy atom. The second-order valence-corrected chi connectivity index (χ2v) is 6.42. The quantitative estimate of drug-likeness (QED) is 0.460. The van der Waals surface area contributed by atoms with Gasteiger partial charge in [0.1, 0.15) is 5.75 Å². The number of aromatic nitrogens is 1. The average Bonchev–Trinajstić information content (AvgIpc) is 2.62. The lowest BCUT2D eigenvalue weighted by atomic mass is 10.1. The zero-order valence-corrected chi connectivity index (χ0v) is 16.2. The van der Waals surface area contributed by atoms with Gasteiger partial charge in [-0.15, -0.1) is 0 Å². The fraction of sp³-hybridized carbons (Fsp3) is 0.474. The number of thiocarbonyl (C=S) groups is 1. The van der Waals surface area contributed by atoms with Gasteiger partial charge in [-0.1, -0.05) is 13.3 Å². The van der Waals surface area contributed by atoms with E-state index in [-0.39, 0.29) is 12.2 Å².